The summed E-state index contributed by atoms with van der Waals surface area (Å²) in [6, 6.07) is 0. The van der Waals surface area contributed by atoms with Crippen molar-refractivity contribution in [2.45, 2.75) is 39.2 Å². The first-order chi connectivity index (χ1) is 7.18. The third-order valence-electron chi connectivity index (χ3n) is 3.32. The van der Waals surface area contributed by atoms with Gasteiger partial charge in [0.05, 0.1) is 5.69 Å². The molecule has 1 aromatic rings. The summed E-state index contributed by atoms with van der Waals surface area (Å²) >= 11 is 0. The van der Waals surface area contributed by atoms with E-state index in [2.05, 4.69) is 22.6 Å². The van der Waals surface area contributed by atoms with Gasteiger partial charge in [-0.3, -0.25) is 4.68 Å². The highest BCUT2D eigenvalue weighted by molar-refractivity contribution is 4.92. The van der Waals surface area contributed by atoms with Crippen LogP contribution in [0.15, 0.2) is 6.20 Å². The molecule has 1 aliphatic rings. The third kappa shape index (κ3) is 2.78. The van der Waals surface area contributed by atoms with Gasteiger partial charge in [0.2, 0.25) is 0 Å². The molecule has 0 amide bonds. The third-order valence-corrected chi connectivity index (χ3v) is 3.32. The van der Waals surface area contributed by atoms with Gasteiger partial charge in [-0.2, -0.15) is 0 Å². The maximum Gasteiger partial charge on any atom is 0.0964 e. The summed E-state index contributed by atoms with van der Waals surface area (Å²) in [7, 11) is 1.90. The van der Waals surface area contributed by atoms with E-state index in [9.17, 15) is 0 Å². The fraction of sp³-hybridized carbons (Fsp3) is 0.818. The lowest BCUT2D eigenvalue weighted by Gasteiger charge is -2.23. The zero-order valence-electron chi connectivity index (χ0n) is 9.66. The van der Waals surface area contributed by atoms with E-state index in [-0.39, 0.29) is 0 Å². The molecule has 0 unspecified atom stereocenters. The van der Waals surface area contributed by atoms with Crippen LogP contribution in [0.2, 0.25) is 0 Å². The lowest BCUT2D eigenvalue weighted by molar-refractivity contribution is 0.314. The Balaban J connectivity index is 1.75. The molecule has 15 heavy (non-hydrogen) atoms. The first kappa shape index (κ1) is 10.6. The standard InChI is InChI=1S/C11H20N4/c1-11(5-3-4-6-11)9-12-7-10-8-15(2)14-13-10/h8,12H,3-7,9H2,1-2H3. The Morgan fingerprint density at radius 2 is 2.20 bits per heavy atom. The van der Waals surface area contributed by atoms with Crippen LogP contribution in [0.1, 0.15) is 38.3 Å². The van der Waals surface area contributed by atoms with Crippen LogP contribution in [0.3, 0.4) is 0 Å². The van der Waals surface area contributed by atoms with E-state index in [1.54, 1.807) is 4.68 Å². The molecule has 84 valence electrons. The molecule has 0 spiro atoms. The normalized spacial score (nSPS) is 19.6. The number of nitrogens with one attached hydrogen (secondary N) is 1. The zero-order valence-corrected chi connectivity index (χ0v) is 9.66. The Morgan fingerprint density at radius 3 is 2.80 bits per heavy atom. The molecule has 0 aromatic carbocycles. The van der Waals surface area contributed by atoms with Crippen LogP contribution in [0, 0.1) is 5.41 Å². The van der Waals surface area contributed by atoms with Crippen molar-refractivity contribution in [2.24, 2.45) is 12.5 Å². The molecule has 1 saturated carbocycles. The van der Waals surface area contributed by atoms with Crippen LogP contribution >= 0.6 is 0 Å². The minimum absolute atomic E-state index is 0.516. The van der Waals surface area contributed by atoms with Crippen molar-refractivity contribution >= 4 is 0 Å². The number of rotatable bonds is 4. The summed E-state index contributed by atoms with van der Waals surface area (Å²) < 4.78 is 1.74. The van der Waals surface area contributed by atoms with E-state index in [0.717, 1.165) is 18.8 Å². The van der Waals surface area contributed by atoms with Crippen LogP contribution in [-0.2, 0) is 13.6 Å². The topological polar surface area (TPSA) is 42.7 Å². The van der Waals surface area contributed by atoms with Crippen molar-refractivity contribution < 1.29 is 0 Å². The second-order valence-corrected chi connectivity index (χ2v) is 5.00. The van der Waals surface area contributed by atoms with Crippen molar-refractivity contribution in [1.29, 1.82) is 0 Å². The smallest absolute Gasteiger partial charge is 0.0964 e. The van der Waals surface area contributed by atoms with Crippen LogP contribution < -0.4 is 5.32 Å². The average Bonchev–Trinajstić information content (AvgIpc) is 2.76. The number of hydrogen-bond acceptors (Lipinski definition) is 3. The molecule has 4 nitrogen and oxygen atoms in total. The predicted molar refractivity (Wildman–Crippen MR) is 59.3 cm³/mol. The number of nitrogens with zero attached hydrogens (tertiary/aromatic N) is 3. The van der Waals surface area contributed by atoms with Crippen molar-refractivity contribution in [2.75, 3.05) is 6.54 Å². The van der Waals surface area contributed by atoms with Crippen molar-refractivity contribution in [3.05, 3.63) is 11.9 Å². The van der Waals surface area contributed by atoms with E-state index in [4.69, 9.17) is 0 Å². The maximum atomic E-state index is 4.05. The van der Waals surface area contributed by atoms with E-state index in [1.165, 1.54) is 25.7 Å². The Hall–Kier alpha value is -0.900. The Labute approximate surface area is 91.1 Å². The quantitative estimate of drug-likeness (QED) is 0.815. The van der Waals surface area contributed by atoms with Crippen molar-refractivity contribution in [3.63, 3.8) is 0 Å². The van der Waals surface area contributed by atoms with Gasteiger partial charge in [-0.1, -0.05) is 25.0 Å². The molecule has 0 atom stereocenters. The summed E-state index contributed by atoms with van der Waals surface area (Å²) in [6.07, 6.45) is 7.47. The molecule has 1 heterocycles. The molecule has 1 N–H and O–H groups in total. The van der Waals surface area contributed by atoms with Gasteiger partial charge in [-0.25, -0.2) is 0 Å². The number of aromatic nitrogens is 3. The molecule has 4 heteroatoms. The fourth-order valence-electron chi connectivity index (χ4n) is 2.37. The molecule has 0 saturated heterocycles. The Morgan fingerprint density at radius 1 is 1.47 bits per heavy atom. The van der Waals surface area contributed by atoms with Crippen LogP contribution in [0.4, 0.5) is 0 Å². The molecule has 1 fully saturated rings. The molecule has 0 aliphatic heterocycles. The van der Waals surface area contributed by atoms with E-state index in [1.807, 2.05) is 13.2 Å². The highest BCUT2D eigenvalue weighted by atomic mass is 15.4. The first-order valence-electron chi connectivity index (χ1n) is 5.74. The summed E-state index contributed by atoms with van der Waals surface area (Å²) in [5.74, 6) is 0. The molecule has 0 radical (unpaired) electrons. The molecule has 1 aromatic heterocycles. The van der Waals surface area contributed by atoms with Crippen LogP contribution in [0.5, 0.6) is 0 Å². The average molecular weight is 208 g/mol. The second-order valence-electron chi connectivity index (χ2n) is 5.00. The first-order valence-corrected chi connectivity index (χ1v) is 5.74. The van der Waals surface area contributed by atoms with Gasteiger partial charge < -0.3 is 5.32 Å². The van der Waals surface area contributed by atoms with Gasteiger partial charge in [0.15, 0.2) is 0 Å². The molecular weight excluding hydrogens is 188 g/mol. The van der Waals surface area contributed by atoms with Gasteiger partial charge >= 0.3 is 0 Å². The van der Waals surface area contributed by atoms with E-state index in [0.29, 0.717) is 5.41 Å². The van der Waals surface area contributed by atoms with E-state index >= 15 is 0 Å². The van der Waals surface area contributed by atoms with Gasteiger partial charge in [0.1, 0.15) is 0 Å². The monoisotopic (exact) mass is 208 g/mol. The maximum absolute atomic E-state index is 4.05. The lowest BCUT2D eigenvalue weighted by atomic mass is 9.89. The number of hydrogen-bond donors (Lipinski definition) is 1. The number of aryl methyl sites for hydroxylation is 1. The fourth-order valence-corrected chi connectivity index (χ4v) is 2.37. The van der Waals surface area contributed by atoms with Crippen LogP contribution in [-0.4, -0.2) is 21.5 Å². The van der Waals surface area contributed by atoms with Gasteiger partial charge in [-0.15, -0.1) is 5.10 Å². The highest BCUT2D eigenvalue weighted by Crippen LogP contribution is 2.36. The van der Waals surface area contributed by atoms with Crippen molar-refractivity contribution in [3.8, 4) is 0 Å². The molecule has 2 rings (SSSR count). The molecular formula is C11H20N4. The predicted octanol–water partition coefficient (Wildman–Crippen LogP) is 1.48. The highest BCUT2D eigenvalue weighted by Gasteiger charge is 2.27. The van der Waals surface area contributed by atoms with Crippen molar-refractivity contribution in [1.82, 2.24) is 20.3 Å². The van der Waals surface area contributed by atoms with Gasteiger partial charge in [0, 0.05) is 26.3 Å². The SMILES string of the molecule is Cn1cc(CNCC2(C)CCCC2)nn1. The molecule has 0 bridgehead atoms. The second kappa shape index (κ2) is 4.31. The lowest BCUT2D eigenvalue weighted by Crippen LogP contribution is -2.29. The minimum atomic E-state index is 0.516. The molecule has 1 aliphatic carbocycles. The Bertz CT molecular complexity index is 312. The summed E-state index contributed by atoms with van der Waals surface area (Å²) in [5, 5.41) is 11.4. The Kier molecular flexibility index (Phi) is 3.05. The summed E-state index contributed by atoms with van der Waals surface area (Å²) in [4.78, 5) is 0. The summed E-state index contributed by atoms with van der Waals surface area (Å²) in [5.41, 5.74) is 1.54. The summed E-state index contributed by atoms with van der Waals surface area (Å²) in [6.45, 7) is 4.32. The van der Waals surface area contributed by atoms with Crippen LogP contribution in [0.25, 0.3) is 0 Å². The van der Waals surface area contributed by atoms with E-state index < -0.39 is 0 Å². The largest absolute Gasteiger partial charge is 0.311 e. The van der Waals surface area contributed by atoms with Gasteiger partial charge in [-0.05, 0) is 18.3 Å². The zero-order chi connectivity index (χ0) is 10.7. The van der Waals surface area contributed by atoms with Gasteiger partial charge in [0.25, 0.3) is 0 Å². The minimum Gasteiger partial charge on any atom is -0.311 e.